The van der Waals surface area contributed by atoms with Gasteiger partial charge in [-0.15, -0.1) is 0 Å². The molecule has 0 spiro atoms. The first-order valence-corrected chi connectivity index (χ1v) is 3.57. The Morgan fingerprint density at radius 3 is 1.25 bits per heavy atom. The van der Waals surface area contributed by atoms with Gasteiger partial charge in [-0.2, -0.15) is 0 Å². The van der Waals surface area contributed by atoms with Crippen LogP contribution >= 0.6 is 21.1 Å². The second kappa shape index (κ2) is 8.82. The summed E-state index contributed by atoms with van der Waals surface area (Å²) in [4.78, 5) is 0. The second-order valence-corrected chi connectivity index (χ2v) is 2.19. The molecule has 0 bridgehead atoms. The van der Waals surface area contributed by atoms with E-state index < -0.39 is 0 Å². The fourth-order valence-electron chi connectivity index (χ4n) is 0. The molecule has 0 aromatic rings. The van der Waals surface area contributed by atoms with Crippen LogP contribution in [-0.2, 0) is 30.3 Å². The molecule has 0 unspecified atom stereocenters. The smallest absolute Gasteiger partial charge is 0 e. The molecule has 0 N–H and O–H groups in total. The van der Waals surface area contributed by atoms with Crippen molar-refractivity contribution in [3.8, 4) is 0 Å². The molecule has 4 heavy (non-hydrogen) atoms. The molecule has 0 amide bonds. The van der Waals surface area contributed by atoms with Gasteiger partial charge in [0.05, 0.1) is 0 Å². The molecule has 0 aliphatic carbocycles. The maximum absolute atomic E-state index is 4.21. The molecule has 0 aliphatic rings. The van der Waals surface area contributed by atoms with Crippen molar-refractivity contribution in [3.63, 3.8) is 0 Å². The van der Waals surface area contributed by atoms with Gasteiger partial charge in [0.2, 0.25) is 0 Å². The van der Waals surface area contributed by atoms with Crippen molar-refractivity contribution < 1.29 is 30.3 Å². The van der Waals surface area contributed by atoms with E-state index in [1.165, 1.54) is 0 Å². The van der Waals surface area contributed by atoms with E-state index in [9.17, 15) is 0 Å². The minimum absolute atomic E-state index is 0. The predicted octanol–water partition coefficient (Wildman–Crippen LogP) is 1.29. The van der Waals surface area contributed by atoms with Gasteiger partial charge in [-0.25, -0.2) is 0 Å². The zero-order chi connectivity index (χ0) is 2.71. The molecule has 0 saturated carbocycles. The van der Waals surface area contributed by atoms with Crippen molar-refractivity contribution in [2.75, 3.05) is 0 Å². The Labute approximate surface area is 51.1 Å². The van der Waals surface area contributed by atoms with Gasteiger partial charge in [0.25, 0.3) is 0 Å². The van der Waals surface area contributed by atoms with Crippen molar-refractivity contribution in [3.05, 3.63) is 0 Å². The number of rotatable bonds is 0. The minimum Gasteiger partial charge on any atom is 0 e. The van der Waals surface area contributed by atoms with Crippen molar-refractivity contribution in [2.45, 2.75) is 0 Å². The average molecular weight is 171 g/mol. The molecule has 25 valence electrons. The third-order valence-electron chi connectivity index (χ3n) is 0. The summed E-state index contributed by atoms with van der Waals surface area (Å²) in [6.45, 7) is 0. The van der Waals surface area contributed by atoms with Crippen LogP contribution in [0, 0.1) is 0 Å². The van der Waals surface area contributed by atoms with E-state index >= 15 is 0 Å². The van der Waals surface area contributed by atoms with Crippen LogP contribution in [0.2, 0.25) is 0 Å². The van der Waals surface area contributed by atoms with Crippen LogP contribution in [0.3, 0.4) is 0 Å². The SMILES string of the molecule is [S]=[Fe]=[S].[V]. The molecule has 0 heterocycles. The van der Waals surface area contributed by atoms with E-state index in [1.807, 2.05) is 0 Å². The molecule has 4 heteroatoms. The Kier molecular flexibility index (Phi) is 20.1. The van der Waals surface area contributed by atoms with Gasteiger partial charge in [0.1, 0.15) is 0 Å². The van der Waals surface area contributed by atoms with E-state index in [4.69, 9.17) is 0 Å². The predicted molar refractivity (Wildman–Crippen MR) is 15.2 cm³/mol. The maximum atomic E-state index is 4.21. The zero-order valence-electron chi connectivity index (χ0n) is 1.62. The maximum Gasteiger partial charge on any atom is 0 e. The van der Waals surface area contributed by atoms with Crippen LogP contribution in [0.5, 0.6) is 0 Å². The molecule has 0 aromatic carbocycles. The normalized spacial score (nSPS) is 4.00. The summed E-state index contributed by atoms with van der Waals surface area (Å²) >= 11 is 0.417. The van der Waals surface area contributed by atoms with E-state index in [-0.39, 0.29) is 18.6 Å². The number of hydrogen-bond acceptors (Lipinski definition) is 2. The Morgan fingerprint density at radius 1 is 1.25 bits per heavy atom. The first kappa shape index (κ1) is 9.11. The van der Waals surface area contributed by atoms with E-state index in [0.29, 0.717) is 11.7 Å². The first-order valence-electron chi connectivity index (χ1n) is 0.289. The molecule has 1 radical (unpaired) electrons. The van der Waals surface area contributed by atoms with Gasteiger partial charge in [0, 0.05) is 18.6 Å². The Morgan fingerprint density at radius 2 is 1.25 bits per heavy atom. The quantitative estimate of drug-likeness (QED) is 0.503. The van der Waals surface area contributed by atoms with Gasteiger partial charge in [0.15, 0.2) is 0 Å². The molecular weight excluding hydrogens is 171 g/mol. The standard InChI is InChI=1S/Fe.2S.V. The fraction of sp³-hybridized carbons (Fsp3) is 0. The van der Waals surface area contributed by atoms with Crippen molar-refractivity contribution >= 4 is 21.1 Å². The van der Waals surface area contributed by atoms with Crippen molar-refractivity contribution in [1.82, 2.24) is 0 Å². The summed E-state index contributed by atoms with van der Waals surface area (Å²) in [5, 5.41) is 0. The Bertz CT molecular complexity index is 27.0. The molecule has 0 aliphatic heterocycles. The molecule has 0 nitrogen and oxygen atoms in total. The number of hydrogen-bond donors (Lipinski definition) is 0. The largest absolute Gasteiger partial charge is 0 e. The topological polar surface area (TPSA) is 0 Å². The van der Waals surface area contributed by atoms with Gasteiger partial charge >= 0.3 is 32.8 Å². The Hall–Kier alpha value is 1.54. The molecule has 0 fully saturated rings. The molecule has 0 atom stereocenters. The second-order valence-electron chi connectivity index (χ2n) is 0.0589. The van der Waals surface area contributed by atoms with Crippen molar-refractivity contribution in [1.29, 1.82) is 0 Å². The summed E-state index contributed by atoms with van der Waals surface area (Å²) in [7, 11) is 8.42. The first-order chi connectivity index (χ1) is 1.41. The van der Waals surface area contributed by atoms with E-state index in [0.717, 1.165) is 0 Å². The fourth-order valence-corrected chi connectivity index (χ4v) is 0. The van der Waals surface area contributed by atoms with E-state index in [2.05, 4.69) is 21.1 Å². The van der Waals surface area contributed by atoms with Crippen molar-refractivity contribution in [2.24, 2.45) is 0 Å². The molecular formula is FeS2V. The van der Waals surface area contributed by atoms with Crippen LogP contribution in [0.25, 0.3) is 0 Å². The third-order valence-corrected chi connectivity index (χ3v) is 0. The molecule has 0 saturated heterocycles. The molecule has 0 aromatic heterocycles. The van der Waals surface area contributed by atoms with Crippen LogP contribution in [0.15, 0.2) is 0 Å². The van der Waals surface area contributed by atoms with Gasteiger partial charge in [-0.05, 0) is 0 Å². The summed E-state index contributed by atoms with van der Waals surface area (Å²) < 4.78 is 0. The average Bonchev–Trinajstić information content (AvgIpc) is 0.918. The minimum atomic E-state index is 0. The zero-order valence-corrected chi connectivity index (χ0v) is 5.75. The van der Waals surface area contributed by atoms with Gasteiger partial charge in [-0.3, -0.25) is 0 Å². The van der Waals surface area contributed by atoms with Crippen LogP contribution in [0.4, 0.5) is 0 Å². The van der Waals surface area contributed by atoms with Gasteiger partial charge < -0.3 is 0 Å². The van der Waals surface area contributed by atoms with E-state index in [1.54, 1.807) is 0 Å². The summed E-state index contributed by atoms with van der Waals surface area (Å²) in [6, 6.07) is 0. The summed E-state index contributed by atoms with van der Waals surface area (Å²) in [6.07, 6.45) is 0. The Balaban J connectivity index is 0. The molecule has 0 rings (SSSR count). The van der Waals surface area contributed by atoms with Crippen LogP contribution < -0.4 is 0 Å². The summed E-state index contributed by atoms with van der Waals surface area (Å²) in [5.74, 6) is 0. The van der Waals surface area contributed by atoms with Crippen LogP contribution in [0.1, 0.15) is 0 Å². The monoisotopic (exact) mass is 171 g/mol. The summed E-state index contributed by atoms with van der Waals surface area (Å²) in [5.41, 5.74) is 0. The van der Waals surface area contributed by atoms with Gasteiger partial charge in [-0.1, -0.05) is 0 Å². The van der Waals surface area contributed by atoms with Crippen LogP contribution in [-0.4, -0.2) is 0 Å². The third kappa shape index (κ3) is 9.62.